The van der Waals surface area contributed by atoms with Crippen LogP contribution in [0.15, 0.2) is 33.6 Å². The summed E-state index contributed by atoms with van der Waals surface area (Å²) in [6.07, 6.45) is 0. The van der Waals surface area contributed by atoms with E-state index < -0.39 is 0 Å². The SMILES string of the molecule is CC(CBr)CSc1ccccc1Br. The molecule has 0 N–H and O–H groups in total. The van der Waals surface area contributed by atoms with Gasteiger partial charge in [-0.1, -0.05) is 35.0 Å². The van der Waals surface area contributed by atoms with Crippen LogP contribution in [0.1, 0.15) is 6.92 Å². The highest BCUT2D eigenvalue weighted by Gasteiger charge is 2.03. The first kappa shape index (κ1) is 11.6. The van der Waals surface area contributed by atoms with Crippen molar-refractivity contribution in [2.45, 2.75) is 11.8 Å². The molecule has 0 fully saturated rings. The van der Waals surface area contributed by atoms with Gasteiger partial charge < -0.3 is 0 Å². The molecule has 72 valence electrons. The minimum absolute atomic E-state index is 0.720. The molecule has 1 rings (SSSR count). The Kier molecular flexibility index (Phi) is 5.44. The number of hydrogen-bond donors (Lipinski definition) is 0. The van der Waals surface area contributed by atoms with Crippen molar-refractivity contribution in [1.82, 2.24) is 0 Å². The molecule has 0 bridgehead atoms. The van der Waals surface area contributed by atoms with E-state index in [2.05, 4.69) is 57.0 Å². The molecule has 0 saturated carbocycles. The van der Waals surface area contributed by atoms with Crippen molar-refractivity contribution in [3.8, 4) is 0 Å². The van der Waals surface area contributed by atoms with Gasteiger partial charge in [-0.15, -0.1) is 11.8 Å². The molecule has 0 amide bonds. The van der Waals surface area contributed by atoms with E-state index in [1.165, 1.54) is 9.37 Å². The summed E-state index contributed by atoms with van der Waals surface area (Å²) in [7, 11) is 0. The first-order valence-corrected chi connectivity index (χ1v) is 7.07. The van der Waals surface area contributed by atoms with Crippen LogP contribution < -0.4 is 0 Å². The summed E-state index contributed by atoms with van der Waals surface area (Å²) in [4.78, 5) is 1.33. The van der Waals surface area contributed by atoms with Crippen molar-refractivity contribution >= 4 is 43.6 Å². The fourth-order valence-corrected chi connectivity index (χ4v) is 2.96. The largest absolute Gasteiger partial charge is 0.125 e. The molecule has 0 nitrogen and oxygen atoms in total. The van der Waals surface area contributed by atoms with Gasteiger partial charge in [0.05, 0.1) is 0 Å². The van der Waals surface area contributed by atoms with E-state index >= 15 is 0 Å². The number of hydrogen-bond acceptors (Lipinski definition) is 1. The highest BCUT2D eigenvalue weighted by atomic mass is 79.9. The second-order valence-electron chi connectivity index (χ2n) is 3.00. The lowest BCUT2D eigenvalue weighted by Gasteiger charge is -2.07. The molecule has 13 heavy (non-hydrogen) atoms. The minimum Gasteiger partial charge on any atom is -0.125 e. The zero-order valence-electron chi connectivity index (χ0n) is 7.47. The molecule has 1 unspecified atom stereocenters. The highest BCUT2D eigenvalue weighted by Crippen LogP contribution is 2.28. The van der Waals surface area contributed by atoms with Crippen LogP contribution in [0.25, 0.3) is 0 Å². The molecule has 0 aliphatic carbocycles. The van der Waals surface area contributed by atoms with Crippen molar-refractivity contribution in [1.29, 1.82) is 0 Å². The van der Waals surface area contributed by atoms with E-state index in [0.717, 1.165) is 17.0 Å². The van der Waals surface area contributed by atoms with Crippen LogP contribution in [0.2, 0.25) is 0 Å². The normalized spacial score (nSPS) is 12.8. The maximum absolute atomic E-state index is 3.54. The summed E-state index contributed by atoms with van der Waals surface area (Å²) in [5.74, 6) is 1.88. The Hall–Kier alpha value is 0.530. The van der Waals surface area contributed by atoms with E-state index in [4.69, 9.17) is 0 Å². The molecule has 0 spiro atoms. The molecular weight excluding hydrogens is 312 g/mol. The van der Waals surface area contributed by atoms with E-state index in [0.29, 0.717) is 0 Å². The van der Waals surface area contributed by atoms with E-state index in [-0.39, 0.29) is 0 Å². The second-order valence-corrected chi connectivity index (χ2v) is 5.56. The number of thioether (sulfide) groups is 1. The fourth-order valence-electron chi connectivity index (χ4n) is 0.838. The molecule has 0 aliphatic heterocycles. The smallest absolute Gasteiger partial charge is 0.0311 e. The van der Waals surface area contributed by atoms with Crippen molar-refractivity contribution < 1.29 is 0 Å². The Balaban J connectivity index is 2.50. The average Bonchev–Trinajstić information content (AvgIpc) is 2.16. The molecule has 3 heteroatoms. The molecule has 0 aromatic heterocycles. The van der Waals surface area contributed by atoms with Crippen LogP contribution in [0.5, 0.6) is 0 Å². The van der Waals surface area contributed by atoms with Gasteiger partial charge in [0.15, 0.2) is 0 Å². The predicted octanol–water partition coefficient (Wildman–Crippen LogP) is 4.57. The summed E-state index contributed by atoms with van der Waals surface area (Å²) < 4.78 is 1.20. The van der Waals surface area contributed by atoms with Gasteiger partial charge in [0.2, 0.25) is 0 Å². The lowest BCUT2D eigenvalue weighted by molar-refractivity contribution is 0.770. The van der Waals surface area contributed by atoms with Crippen LogP contribution in [-0.2, 0) is 0 Å². The van der Waals surface area contributed by atoms with Gasteiger partial charge in [-0.25, -0.2) is 0 Å². The molecule has 1 aromatic rings. The molecule has 0 aliphatic rings. The van der Waals surface area contributed by atoms with E-state index in [9.17, 15) is 0 Å². The number of rotatable bonds is 4. The Morgan fingerprint density at radius 3 is 2.69 bits per heavy atom. The standard InChI is InChI=1S/C10H12Br2S/c1-8(6-11)7-13-10-5-3-2-4-9(10)12/h2-5,8H,6-7H2,1H3. The van der Waals surface area contributed by atoms with Crippen LogP contribution in [0, 0.1) is 5.92 Å². The zero-order chi connectivity index (χ0) is 9.68. The molecule has 1 aromatic carbocycles. The molecule has 0 heterocycles. The van der Waals surface area contributed by atoms with Crippen molar-refractivity contribution in [2.24, 2.45) is 5.92 Å². The number of halogens is 2. The summed E-state index contributed by atoms with van der Waals surface area (Å²) >= 11 is 8.92. The average molecular weight is 324 g/mol. The quantitative estimate of drug-likeness (QED) is 0.577. The summed E-state index contributed by atoms with van der Waals surface area (Å²) in [5, 5.41) is 1.07. The number of alkyl halides is 1. The van der Waals surface area contributed by atoms with Gasteiger partial charge in [-0.05, 0) is 34.0 Å². The van der Waals surface area contributed by atoms with Gasteiger partial charge in [0.1, 0.15) is 0 Å². The van der Waals surface area contributed by atoms with Gasteiger partial charge in [0, 0.05) is 20.5 Å². The maximum Gasteiger partial charge on any atom is 0.0311 e. The first-order valence-electron chi connectivity index (χ1n) is 4.17. The van der Waals surface area contributed by atoms with E-state index in [1.54, 1.807) is 0 Å². The van der Waals surface area contributed by atoms with Crippen LogP contribution in [0.3, 0.4) is 0 Å². The van der Waals surface area contributed by atoms with Gasteiger partial charge in [-0.3, -0.25) is 0 Å². The third kappa shape index (κ3) is 4.05. The van der Waals surface area contributed by atoms with Crippen molar-refractivity contribution in [3.63, 3.8) is 0 Å². The third-order valence-corrected chi connectivity index (χ3v) is 5.09. The van der Waals surface area contributed by atoms with Gasteiger partial charge >= 0.3 is 0 Å². The summed E-state index contributed by atoms with van der Waals surface area (Å²) in [6, 6.07) is 8.35. The van der Waals surface area contributed by atoms with Crippen molar-refractivity contribution in [3.05, 3.63) is 28.7 Å². The predicted molar refractivity (Wildman–Crippen MR) is 67.8 cm³/mol. The first-order chi connectivity index (χ1) is 6.24. The Morgan fingerprint density at radius 1 is 1.38 bits per heavy atom. The second kappa shape index (κ2) is 6.10. The topological polar surface area (TPSA) is 0 Å². The Bertz CT molecular complexity index is 263. The van der Waals surface area contributed by atoms with Crippen LogP contribution >= 0.6 is 43.6 Å². The van der Waals surface area contributed by atoms with E-state index in [1.807, 2.05) is 17.8 Å². The summed E-state index contributed by atoms with van der Waals surface area (Å²) in [6.45, 7) is 2.25. The third-order valence-electron chi connectivity index (χ3n) is 1.62. The van der Waals surface area contributed by atoms with Crippen LogP contribution in [0.4, 0.5) is 0 Å². The molecule has 0 radical (unpaired) electrons. The monoisotopic (exact) mass is 322 g/mol. The van der Waals surface area contributed by atoms with Crippen molar-refractivity contribution in [2.75, 3.05) is 11.1 Å². The molecule has 0 saturated heterocycles. The fraction of sp³-hybridized carbons (Fsp3) is 0.400. The minimum atomic E-state index is 0.720. The lowest BCUT2D eigenvalue weighted by Crippen LogP contribution is -1.98. The summed E-state index contributed by atoms with van der Waals surface area (Å²) in [5.41, 5.74) is 0. The zero-order valence-corrected chi connectivity index (χ0v) is 11.5. The molecule has 1 atom stereocenters. The lowest BCUT2D eigenvalue weighted by atomic mass is 10.3. The van der Waals surface area contributed by atoms with Crippen LogP contribution in [-0.4, -0.2) is 11.1 Å². The highest BCUT2D eigenvalue weighted by molar-refractivity contribution is 9.10. The maximum atomic E-state index is 3.54. The van der Waals surface area contributed by atoms with Gasteiger partial charge in [-0.2, -0.15) is 0 Å². The molecular formula is C10H12Br2S. The Labute approximate surface area is 101 Å². The van der Waals surface area contributed by atoms with Gasteiger partial charge in [0.25, 0.3) is 0 Å². The number of benzene rings is 1. The Morgan fingerprint density at radius 2 is 2.08 bits per heavy atom.